The van der Waals surface area contributed by atoms with E-state index in [9.17, 15) is 14.0 Å². The molecule has 162 valence electrons. The number of imide groups is 1. The maximum absolute atomic E-state index is 13.3. The van der Waals surface area contributed by atoms with Crippen molar-refractivity contribution < 1.29 is 23.5 Å². The van der Waals surface area contributed by atoms with Gasteiger partial charge in [-0.25, -0.2) is 9.18 Å². The van der Waals surface area contributed by atoms with Crippen LogP contribution in [0.5, 0.6) is 11.5 Å². The first-order valence-corrected chi connectivity index (χ1v) is 10.5. The van der Waals surface area contributed by atoms with E-state index < -0.39 is 0 Å². The molecule has 2 aromatic rings. The van der Waals surface area contributed by atoms with Gasteiger partial charge in [-0.1, -0.05) is 37.5 Å². The molecule has 1 aliphatic heterocycles. The molecule has 0 unspecified atom stereocenters. The van der Waals surface area contributed by atoms with Crippen LogP contribution in [0, 0.1) is 5.82 Å². The predicted octanol–water partition coefficient (Wildman–Crippen LogP) is 4.64. The molecule has 0 radical (unpaired) electrons. The predicted molar refractivity (Wildman–Crippen MR) is 114 cm³/mol. The number of benzene rings is 2. The molecule has 1 heterocycles. The molecule has 1 saturated carbocycles. The van der Waals surface area contributed by atoms with E-state index in [2.05, 4.69) is 5.32 Å². The van der Waals surface area contributed by atoms with Gasteiger partial charge in [-0.3, -0.25) is 9.69 Å². The molecular weight excluding hydrogens is 399 g/mol. The molecule has 2 aliphatic rings. The average molecular weight is 424 g/mol. The Balaban J connectivity index is 1.49. The second kappa shape index (κ2) is 9.20. The van der Waals surface area contributed by atoms with Crippen LogP contribution in [0.2, 0.25) is 0 Å². The van der Waals surface area contributed by atoms with Crippen molar-refractivity contribution in [1.29, 1.82) is 0 Å². The third-order valence-corrected chi connectivity index (χ3v) is 5.63. The van der Waals surface area contributed by atoms with Crippen LogP contribution in [0.4, 0.5) is 9.18 Å². The van der Waals surface area contributed by atoms with Crippen molar-refractivity contribution in [1.82, 2.24) is 10.2 Å². The van der Waals surface area contributed by atoms with E-state index in [1.165, 1.54) is 24.1 Å². The van der Waals surface area contributed by atoms with E-state index in [0.29, 0.717) is 22.6 Å². The summed E-state index contributed by atoms with van der Waals surface area (Å²) in [5.74, 6) is 0.370. The smallest absolute Gasteiger partial charge is 0.329 e. The number of carbonyl (C=O) groups excluding carboxylic acids is 2. The van der Waals surface area contributed by atoms with Gasteiger partial charge in [-0.15, -0.1) is 0 Å². The van der Waals surface area contributed by atoms with E-state index in [-0.39, 0.29) is 36.1 Å². The van der Waals surface area contributed by atoms with E-state index >= 15 is 0 Å². The summed E-state index contributed by atoms with van der Waals surface area (Å²) in [7, 11) is 1.52. The van der Waals surface area contributed by atoms with Gasteiger partial charge in [-0.05, 0) is 54.3 Å². The van der Waals surface area contributed by atoms with Crippen LogP contribution in [-0.2, 0) is 11.4 Å². The molecule has 1 N–H and O–H groups in total. The molecule has 1 saturated heterocycles. The molecule has 2 aromatic carbocycles. The summed E-state index contributed by atoms with van der Waals surface area (Å²) in [6.45, 7) is 0.194. The van der Waals surface area contributed by atoms with Gasteiger partial charge < -0.3 is 14.8 Å². The van der Waals surface area contributed by atoms with Crippen LogP contribution in [0.3, 0.4) is 0 Å². The number of carbonyl (C=O) groups is 2. The molecule has 4 rings (SSSR count). The van der Waals surface area contributed by atoms with Crippen LogP contribution >= 0.6 is 0 Å². The topological polar surface area (TPSA) is 67.9 Å². The molecule has 0 bridgehead atoms. The fourth-order valence-corrected chi connectivity index (χ4v) is 4.07. The van der Waals surface area contributed by atoms with Crippen molar-refractivity contribution in [3.63, 3.8) is 0 Å². The fourth-order valence-electron chi connectivity index (χ4n) is 4.07. The van der Waals surface area contributed by atoms with Gasteiger partial charge in [0, 0.05) is 6.04 Å². The summed E-state index contributed by atoms with van der Waals surface area (Å²) in [5.41, 5.74) is 1.66. The lowest BCUT2D eigenvalue weighted by Crippen LogP contribution is -2.41. The second-order valence-corrected chi connectivity index (χ2v) is 7.78. The van der Waals surface area contributed by atoms with Crippen LogP contribution < -0.4 is 14.8 Å². The van der Waals surface area contributed by atoms with Gasteiger partial charge in [0.25, 0.3) is 5.91 Å². The Morgan fingerprint density at radius 3 is 2.65 bits per heavy atom. The average Bonchev–Trinajstić information content (AvgIpc) is 3.06. The van der Waals surface area contributed by atoms with Crippen molar-refractivity contribution in [3.8, 4) is 11.5 Å². The highest BCUT2D eigenvalue weighted by Crippen LogP contribution is 2.31. The van der Waals surface area contributed by atoms with Crippen molar-refractivity contribution >= 4 is 18.0 Å². The van der Waals surface area contributed by atoms with Crippen molar-refractivity contribution in [2.75, 3.05) is 7.11 Å². The molecule has 1 aliphatic carbocycles. The van der Waals surface area contributed by atoms with Gasteiger partial charge in [0.2, 0.25) is 0 Å². The summed E-state index contributed by atoms with van der Waals surface area (Å²) in [6, 6.07) is 11.1. The molecular formula is C24H25FN2O4. The summed E-state index contributed by atoms with van der Waals surface area (Å²) >= 11 is 0. The zero-order valence-corrected chi connectivity index (χ0v) is 17.4. The van der Waals surface area contributed by atoms with Crippen LogP contribution in [0.25, 0.3) is 6.08 Å². The molecule has 6 nitrogen and oxygen atoms in total. The van der Waals surface area contributed by atoms with E-state index in [0.717, 1.165) is 32.1 Å². The standard InChI is InChI=1S/C24H25FN2O4/c1-30-22-14-16(10-11-21(22)31-15-17-6-5-7-18(25)12-17)13-20-23(28)27(24(29)26-20)19-8-3-2-4-9-19/h5-7,10-14,19H,2-4,8-9,15H2,1H3,(H,26,29)/b20-13-. The number of rotatable bonds is 6. The Kier molecular flexibility index (Phi) is 6.21. The Hall–Kier alpha value is -3.35. The Morgan fingerprint density at radius 2 is 1.90 bits per heavy atom. The lowest BCUT2D eigenvalue weighted by atomic mass is 9.94. The highest BCUT2D eigenvalue weighted by Gasteiger charge is 2.38. The lowest BCUT2D eigenvalue weighted by molar-refractivity contribution is -0.124. The first-order chi connectivity index (χ1) is 15.0. The van der Waals surface area contributed by atoms with Crippen molar-refractivity contribution in [2.24, 2.45) is 0 Å². The number of hydrogen-bond donors (Lipinski definition) is 1. The summed E-state index contributed by atoms with van der Waals surface area (Å²) in [6.07, 6.45) is 6.58. The number of nitrogens with one attached hydrogen (secondary N) is 1. The number of urea groups is 1. The monoisotopic (exact) mass is 424 g/mol. The Morgan fingerprint density at radius 1 is 1.10 bits per heavy atom. The number of amides is 3. The molecule has 0 spiro atoms. The lowest BCUT2D eigenvalue weighted by Gasteiger charge is -2.28. The molecule has 2 fully saturated rings. The minimum absolute atomic E-state index is 0.0275. The quantitative estimate of drug-likeness (QED) is 0.542. The first-order valence-electron chi connectivity index (χ1n) is 10.5. The van der Waals surface area contributed by atoms with Gasteiger partial charge >= 0.3 is 6.03 Å². The SMILES string of the molecule is COc1cc(/C=C2\NC(=O)N(C3CCCCC3)C2=O)ccc1OCc1cccc(F)c1. The Labute approximate surface area is 180 Å². The molecule has 7 heteroatoms. The van der Waals surface area contributed by atoms with Crippen molar-refractivity contribution in [2.45, 2.75) is 44.8 Å². The minimum atomic E-state index is -0.356. The van der Waals surface area contributed by atoms with Gasteiger partial charge in [-0.2, -0.15) is 0 Å². The highest BCUT2D eigenvalue weighted by atomic mass is 19.1. The van der Waals surface area contributed by atoms with Crippen LogP contribution in [-0.4, -0.2) is 30.0 Å². The fraction of sp³-hybridized carbons (Fsp3) is 0.333. The molecule has 3 amide bonds. The second-order valence-electron chi connectivity index (χ2n) is 7.78. The number of halogens is 1. The normalized spacial score (nSPS) is 18.4. The van der Waals surface area contributed by atoms with Crippen LogP contribution in [0.15, 0.2) is 48.2 Å². The van der Waals surface area contributed by atoms with E-state index in [1.807, 2.05) is 0 Å². The third-order valence-electron chi connectivity index (χ3n) is 5.63. The zero-order chi connectivity index (χ0) is 21.8. The first kappa shape index (κ1) is 20.9. The molecule has 0 aromatic heterocycles. The zero-order valence-electron chi connectivity index (χ0n) is 17.4. The van der Waals surface area contributed by atoms with E-state index in [1.54, 1.807) is 36.4 Å². The summed E-state index contributed by atoms with van der Waals surface area (Å²) in [4.78, 5) is 26.6. The largest absolute Gasteiger partial charge is 0.493 e. The summed E-state index contributed by atoms with van der Waals surface area (Å²) < 4.78 is 24.5. The Bertz CT molecular complexity index is 1010. The molecule has 0 atom stereocenters. The third kappa shape index (κ3) is 4.71. The number of nitrogens with zero attached hydrogens (tertiary/aromatic N) is 1. The number of methoxy groups -OCH3 is 1. The van der Waals surface area contributed by atoms with E-state index in [4.69, 9.17) is 9.47 Å². The van der Waals surface area contributed by atoms with Gasteiger partial charge in [0.05, 0.1) is 7.11 Å². The van der Waals surface area contributed by atoms with Gasteiger partial charge in [0.1, 0.15) is 18.1 Å². The van der Waals surface area contributed by atoms with Crippen LogP contribution in [0.1, 0.15) is 43.2 Å². The number of hydrogen-bond acceptors (Lipinski definition) is 4. The maximum Gasteiger partial charge on any atom is 0.329 e. The number of ether oxygens (including phenoxy) is 2. The maximum atomic E-state index is 13.3. The minimum Gasteiger partial charge on any atom is -0.493 e. The summed E-state index contributed by atoms with van der Waals surface area (Å²) in [5, 5.41) is 2.69. The molecule has 31 heavy (non-hydrogen) atoms. The van der Waals surface area contributed by atoms with Gasteiger partial charge in [0.15, 0.2) is 11.5 Å². The van der Waals surface area contributed by atoms with Crippen molar-refractivity contribution in [3.05, 3.63) is 65.1 Å². The highest BCUT2D eigenvalue weighted by molar-refractivity contribution is 6.14.